The molecule has 2 N–H and O–H groups in total. The minimum Gasteiger partial charge on any atom is -0.490 e. The van der Waals surface area contributed by atoms with Gasteiger partial charge in [0.2, 0.25) is 0 Å². The molecule has 3 aromatic rings. The zero-order valence-corrected chi connectivity index (χ0v) is 21.3. The van der Waals surface area contributed by atoms with Gasteiger partial charge in [-0.1, -0.05) is 17.7 Å². The number of halogens is 3. The van der Waals surface area contributed by atoms with E-state index in [2.05, 4.69) is 9.62 Å². The minimum atomic E-state index is -4.25. The van der Waals surface area contributed by atoms with Gasteiger partial charge in [-0.05, 0) is 67.1 Å². The average molecular weight is 553 g/mol. The summed E-state index contributed by atoms with van der Waals surface area (Å²) in [4.78, 5) is 12.8. The lowest BCUT2D eigenvalue weighted by Gasteiger charge is -2.33. The Morgan fingerprint density at radius 3 is 2.57 bits per heavy atom. The summed E-state index contributed by atoms with van der Waals surface area (Å²) >= 11 is 5.81. The van der Waals surface area contributed by atoms with Gasteiger partial charge < -0.3 is 19.5 Å². The molecule has 8 nitrogen and oxygen atoms in total. The van der Waals surface area contributed by atoms with Gasteiger partial charge >= 0.3 is 11.9 Å². The van der Waals surface area contributed by atoms with Crippen molar-refractivity contribution in [1.82, 2.24) is 0 Å². The Balaban J connectivity index is 1.43. The molecule has 3 aromatic carbocycles. The van der Waals surface area contributed by atoms with Crippen molar-refractivity contribution in [3.63, 3.8) is 0 Å². The molecule has 196 valence electrons. The van der Waals surface area contributed by atoms with Crippen LogP contribution < -0.4 is 19.1 Å². The average Bonchev–Trinajstić information content (AvgIpc) is 2.82. The van der Waals surface area contributed by atoms with Crippen LogP contribution in [0.2, 0.25) is 5.02 Å². The van der Waals surface area contributed by atoms with Crippen molar-refractivity contribution in [2.75, 3.05) is 29.8 Å². The maximum absolute atomic E-state index is 13.9. The Morgan fingerprint density at radius 1 is 1.19 bits per heavy atom. The van der Waals surface area contributed by atoms with Gasteiger partial charge in [0.15, 0.2) is 0 Å². The predicted molar refractivity (Wildman–Crippen MR) is 135 cm³/mol. The number of sulfonamides is 1. The largest absolute Gasteiger partial charge is 0.490 e. The SMILES string of the molecule is Cc1ccc2c(c1)O[C@H](COc1ccc(S(=O)(=O)Nc3cc(Cl)cc(C(F)(F)C(=O)O)c3)cc1)CN2C. The molecule has 0 spiro atoms. The smallest absolute Gasteiger partial charge is 0.379 e. The number of aliphatic carboxylic acids is 1. The molecule has 0 aliphatic carbocycles. The highest BCUT2D eigenvalue weighted by Gasteiger charge is 2.41. The third-order valence-corrected chi connectivity index (χ3v) is 7.26. The molecule has 4 rings (SSSR count). The van der Waals surface area contributed by atoms with E-state index in [9.17, 15) is 22.0 Å². The highest BCUT2D eigenvalue weighted by atomic mass is 35.5. The van der Waals surface area contributed by atoms with Gasteiger partial charge in [0.25, 0.3) is 10.0 Å². The first kappa shape index (κ1) is 26.5. The monoisotopic (exact) mass is 552 g/mol. The molecular formula is C25H23ClF2N2O6S. The fourth-order valence-electron chi connectivity index (χ4n) is 3.81. The van der Waals surface area contributed by atoms with Crippen molar-refractivity contribution < 1.29 is 36.6 Å². The molecule has 1 atom stereocenters. The number of benzene rings is 3. The first-order valence-corrected chi connectivity index (χ1v) is 12.9. The van der Waals surface area contributed by atoms with E-state index in [1.165, 1.54) is 24.3 Å². The van der Waals surface area contributed by atoms with Crippen LogP contribution >= 0.6 is 11.6 Å². The van der Waals surface area contributed by atoms with Gasteiger partial charge in [-0.2, -0.15) is 8.78 Å². The number of aryl methyl sites for hydroxylation is 1. The lowest BCUT2D eigenvalue weighted by atomic mass is 10.1. The summed E-state index contributed by atoms with van der Waals surface area (Å²) in [5.41, 5.74) is 0.797. The Morgan fingerprint density at radius 2 is 1.89 bits per heavy atom. The summed E-state index contributed by atoms with van der Waals surface area (Å²) in [5, 5.41) is 8.50. The highest BCUT2D eigenvalue weighted by Crippen LogP contribution is 2.34. The highest BCUT2D eigenvalue weighted by molar-refractivity contribution is 7.92. The van der Waals surface area contributed by atoms with E-state index in [-0.39, 0.29) is 28.3 Å². The molecule has 12 heteroatoms. The molecule has 0 fully saturated rings. The van der Waals surface area contributed by atoms with Crippen molar-refractivity contribution in [3.05, 3.63) is 76.8 Å². The van der Waals surface area contributed by atoms with Gasteiger partial charge in [-0.3, -0.25) is 4.72 Å². The number of hydrogen-bond acceptors (Lipinski definition) is 6. The minimum absolute atomic E-state index is 0.163. The van der Waals surface area contributed by atoms with Gasteiger partial charge in [0, 0.05) is 17.6 Å². The summed E-state index contributed by atoms with van der Waals surface area (Å²) < 4.78 is 67.3. The number of ether oxygens (including phenoxy) is 2. The van der Waals surface area contributed by atoms with Crippen molar-refractivity contribution in [1.29, 1.82) is 0 Å². The summed E-state index contributed by atoms with van der Waals surface area (Å²) in [6.45, 7) is 2.81. The molecule has 1 aliphatic rings. The number of nitrogens with one attached hydrogen (secondary N) is 1. The van der Waals surface area contributed by atoms with Crippen molar-refractivity contribution in [2.24, 2.45) is 0 Å². The van der Waals surface area contributed by atoms with E-state index in [4.69, 9.17) is 26.2 Å². The number of rotatable bonds is 8. The molecule has 0 saturated heterocycles. The zero-order chi connectivity index (χ0) is 27.0. The molecular weight excluding hydrogens is 530 g/mol. The number of anilines is 2. The van der Waals surface area contributed by atoms with Crippen molar-refractivity contribution in [2.45, 2.75) is 23.8 Å². The predicted octanol–water partition coefficient (Wildman–Crippen LogP) is 4.90. The van der Waals surface area contributed by atoms with Crippen LogP contribution in [0.1, 0.15) is 11.1 Å². The third-order valence-electron chi connectivity index (χ3n) is 5.65. The molecule has 0 saturated carbocycles. The first-order valence-electron chi connectivity index (χ1n) is 11.0. The summed E-state index contributed by atoms with van der Waals surface area (Å²) in [5.74, 6) is -5.46. The van der Waals surface area contributed by atoms with Crippen LogP contribution in [0.3, 0.4) is 0 Å². The molecule has 0 amide bonds. The molecule has 37 heavy (non-hydrogen) atoms. The molecule has 0 aromatic heterocycles. The van der Waals surface area contributed by atoms with E-state index in [0.29, 0.717) is 12.3 Å². The number of carboxylic acid groups (broad SMARTS) is 1. The Labute approximate surface area is 217 Å². The number of carboxylic acids is 1. The normalized spacial score (nSPS) is 15.5. The fraction of sp³-hybridized carbons (Fsp3) is 0.240. The number of alkyl halides is 2. The van der Waals surface area contributed by atoms with Crippen LogP contribution in [0.5, 0.6) is 11.5 Å². The van der Waals surface area contributed by atoms with Crippen LogP contribution in [0.4, 0.5) is 20.2 Å². The molecule has 0 unspecified atom stereocenters. The second kappa shape index (κ2) is 10.1. The van der Waals surface area contributed by atoms with Gasteiger partial charge in [0.1, 0.15) is 24.2 Å². The van der Waals surface area contributed by atoms with Crippen LogP contribution in [0, 0.1) is 6.92 Å². The van der Waals surface area contributed by atoms with E-state index in [1.807, 2.05) is 32.2 Å². The van der Waals surface area contributed by atoms with Crippen molar-refractivity contribution in [3.8, 4) is 11.5 Å². The molecule has 0 radical (unpaired) electrons. The zero-order valence-electron chi connectivity index (χ0n) is 19.7. The van der Waals surface area contributed by atoms with Gasteiger partial charge in [-0.15, -0.1) is 0 Å². The molecule has 1 heterocycles. The maximum atomic E-state index is 13.9. The van der Waals surface area contributed by atoms with E-state index < -0.39 is 27.5 Å². The number of nitrogens with zero attached hydrogens (tertiary/aromatic N) is 1. The molecule has 1 aliphatic heterocycles. The standard InChI is InChI=1S/C25H23ClF2N2O6S/c1-15-3-8-22-23(9-15)36-20(13-30(22)2)14-35-19-4-6-21(7-5-19)37(33,34)29-18-11-16(10-17(26)12-18)25(27,28)24(31)32/h3-12,20,29H,13-14H2,1-2H3,(H,31,32)/t20-/m0/s1. The third kappa shape index (κ3) is 5.89. The maximum Gasteiger partial charge on any atom is 0.379 e. The topological polar surface area (TPSA) is 105 Å². The summed E-state index contributed by atoms with van der Waals surface area (Å²) in [6.07, 6.45) is -0.245. The van der Waals surface area contributed by atoms with Crippen LogP contribution in [-0.4, -0.2) is 45.8 Å². The van der Waals surface area contributed by atoms with Gasteiger partial charge in [0.05, 0.1) is 22.8 Å². The van der Waals surface area contributed by atoms with E-state index in [1.54, 1.807) is 0 Å². The Hall–Kier alpha value is -3.57. The van der Waals surface area contributed by atoms with Crippen LogP contribution in [0.25, 0.3) is 0 Å². The first-order chi connectivity index (χ1) is 17.3. The van der Waals surface area contributed by atoms with Crippen molar-refractivity contribution >= 4 is 39.0 Å². The van der Waals surface area contributed by atoms with E-state index in [0.717, 1.165) is 35.2 Å². The summed E-state index contributed by atoms with van der Waals surface area (Å²) in [7, 11) is -2.24. The quantitative estimate of drug-likeness (QED) is 0.409. The second-order valence-corrected chi connectivity index (χ2v) is 10.7. The number of hydrogen-bond donors (Lipinski definition) is 2. The second-order valence-electron chi connectivity index (χ2n) is 8.59. The van der Waals surface area contributed by atoms with Gasteiger partial charge in [-0.25, -0.2) is 13.2 Å². The number of carbonyl (C=O) groups is 1. The number of fused-ring (bicyclic) bond motifs is 1. The summed E-state index contributed by atoms with van der Waals surface area (Å²) in [6, 6.07) is 14.0. The molecule has 0 bridgehead atoms. The lowest BCUT2D eigenvalue weighted by Crippen LogP contribution is -2.41. The Kier molecular flexibility index (Phi) is 7.20. The Bertz CT molecular complexity index is 1430. The van der Waals surface area contributed by atoms with Crippen LogP contribution in [0.15, 0.2) is 65.6 Å². The van der Waals surface area contributed by atoms with E-state index >= 15 is 0 Å². The number of likely N-dealkylation sites (N-methyl/N-ethyl adjacent to an activating group) is 1. The lowest BCUT2D eigenvalue weighted by molar-refractivity contribution is -0.166. The fourth-order valence-corrected chi connectivity index (χ4v) is 5.09. The van der Waals surface area contributed by atoms with Crippen LogP contribution in [-0.2, 0) is 20.7 Å².